The minimum atomic E-state index is -4.47. The van der Waals surface area contributed by atoms with Crippen LogP contribution in [-0.2, 0) is 33.5 Å². The van der Waals surface area contributed by atoms with Crippen molar-refractivity contribution in [3.8, 4) is 0 Å². The first-order chi connectivity index (χ1) is 15.4. The van der Waals surface area contributed by atoms with E-state index in [0.29, 0.717) is 36.5 Å². The van der Waals surface area contributed by atoms with Gasteiger partial charge in [0.2, 0.25) is 0 Å². The van der Waals surface area contributed by atoms with Gasteiger partial charge in [-0.2, -0.15) is 13.2 Å². The van der Waals surface area contributed by atoms with Gasteiger partial charge in [-0.3, -0.25) is 14.6 Å². The van der Waals surface area contributed by atoms with Crippen LogP contribution in [0.3, 0.4) is 0 Å². The molecule has 2 aromatic heterocycles. The van der Waals surface area contributed by atoms with E-state index in [1.807, 2.05) is 0 Å². The largest absolute Gasteiger partial charge is 0.454 e. The fraction of sp³-hybridized carbons (Fsp3) is 0.455. The highest BCUT2D eigenvalue weighted by molar-refractivity contribution is 5.94. The van der Waals surface area contributed by atoms with E-state index >= 15 is 0 Å². The predicted octanol–water partition coefficient (Wildman–Crippen LogP) is 4.11. The standard InChI is InChI=1S/C22H24F4N4O3/c1-21(2,3)18(33-12-31)20(32)29-19-15(23)9-17-16(28-19)5-4-8-30(17)11-14-7-6-13(10-27-14)22(24,25)26/h6-7,9-10,12,18H,4-5,8,11H2,1-3H3,(H,28,29,32). The number of nitrogens with one attached hydrogen (secondary N) is 1. The summed E-state index contributed by atoms with van der Waals surface area (Å²) in [6.45, 7) is 5.98. The molecule has 3 rings (SSSR count). The Morgan fingerprint density at radius 1 is 1.30 bits per heavy atom. The van der Waals surface area contributed by atoms with Crippen LogP contribution in [0.5, 0.6) is 0 Å². The van der Waals surface area contributed by atoms with E-state index in [0.717, 1.165) is 12.3 Å². The fourth-order valence-electron chi connectivity index (χ4n) is 3.56. The number of ether oxygens (including phenoxy) is 1. The van der Waals surface area contributed by atoms with Gasteiger partial charge >= 0.3 is 6.18 Å². The first kappa shape index (κ1) is 24.4. The SMILES string of the molecule is CC(C)(C)C(OC=O)C(=O)Nc1nc2c(cc1F)N(Cc1ccc(C(F)(F)F)cn1)CCC2. The number of aromatic nitrogens is 2. The third-order valence-corrected chi connectivity index (χ3v) is 5.18. The van der Waals surface area contributed by atoms with Gasteiger partial charge in [0.05, 0.1) is 29.2 Å². The van der Waals surface area contributed by atoms with Crippen molar-refractivity contribution < 1.29 is 31.9 Å². The Balaban J connectivity index is 1.80. The number of hydrogen-bond acceptors (Lipinski definition) is 6. The van der Waals surface area contributed by atoms with Gasteiger partial charge in [0.15, 0.2) is 17.7 Å². The molecule has 33 heavy (non-hydrogen) atoms. The second-order valence-corrected chi connectivity index (χ2v) is 8.81. The summed E-state index contributed by atoms with van der Waals surface area (Å²) in [5, 5.41) is 2.39. The molecule has 0 saturated carbocycles. The molecule has 1 aliphatic heterocycles. The van der Waals surface area contributed by atoms with Gasteiger partial charge in [0, 0.05) is 24.2 Å². The number of pyridine rings is 2. The van der Waals surface area contributed by atoms with Gasteiger partial charge in [-0.05, 0) is 25.0 Å². The lowest BCUT2D eigenvalue weighted by molar-refractivity contribution is -0.148. The Morgan fingerprint density at radius 3 is 2.61 bits per heavy atom. The molecule has 1 amide bonds. The van der Waals surface area contributed by atoms with E-state index in [2.05, 4.69) is 15.3 Å². The van der Waals surface area contributed by atoms with Gasteiger partial charge in [0.25, 0.3) is 12.4 Å². The number of amides is 1. The summed E-state index contributed by atoms with van der Waals surface area (Å²) in [5.74, 6) is -1.77. The summed E-state index contributed by atoms with van der Waals surface area (Å²) in [7, 11) is 0. The van der Waals surface area contributed by atoms with E-state index in [9.17, 15) is 27.2 Å². The molecule has 0 radical (unpaired) electrons. The topological polar surface area (TPSA) is 84.4 Å². The zero-order valence-electron chi connectivity index (χ0n) is 18.4. The van der Waals surface area contributed by atoms with Crippen molar-refractivity contribution in [1.29, 1.82) is 0 Å². The Kier molecular flexibility index (Phi) is 6.89. The second kappa shape index (κ2) is 9.32. The lowest BCUT2D eigenvalue weighted by Crippen LogP contribution is -2.41. The molecule has 178 valence electrons. The maximum atomic E-state index is 14.8. The minimum Gasteiger partial charge on any atom is -0.454 e. The average molecular weight is 468 g/mol. The molecule has 1 unspecified atom stereocenters. The third-order valence-electron chi connectivity index (χ3n) is 5.18. The molecule has 1 atom stereocenters. The van der Waals surface area contributed by atoms with Crippen LogP contribution in [0.1, 0.15) is 44.1 Å². The third kappa shape index (κ3) is 5.77. The molecule has 3 heterocycles. The summed E-state index contributed by atoms with van der Waals surface area (Å²) in [5.41, 5.74) is -0.150. The van der Waals surface area contributed by atoms with E-state index < -0.39 is 35.0 Å². The number of carbonyl (C=O) groups is 2. The zero-order valence-corrected chi connectivity index (χ0v) is 18.4. The number of hydrogen-bond donors (Lipinski definition) is 1. The van der Waals surface area contributed by atoms with Gasteiger partial charge < -0.3 is 15.0 Å². The summed E-state index contributed by atoms with van der Waals surface area (Å²) in [4.78, 5) is 33.3. The van der Waals surface area contributed by atoms with Crippen molar-refractivity contribution in [2.75, 3.05) is 16.8 Å². The van der Waals surface area contributed by atoms with Crippen LogP contribution in [-0.4, -0.2) is 35.0 Å². The smallest absolute Gasteiger partial charge is 0.417 e. The molecule has 0 fully saturated rings. The first-order valence-corrected chi connectivity index (χ1v) is 10.3. The van der Waals surface area contributed by atoms with Crippen molar-refractivity contribution in [3.05, 3.63) is 47.2 Å². The number of anilines is 2. The molecular weight excluding hydrogens is 444 g/mol. The van der Waals surface area contributed by atoms with Crippen LogP contribution >= 0.6 is 0 Å². The van der Waals surface area contributed by atoms with Gasteiger partial charge in [-0.25, -0.2) is 9.37 Å². The fourth-order valence-corrected chi connectivity index (χ4v) is 3.56. The van der Waals surface area contributed by atoms with Crippen LogP contribution in [0.2, 0.25) is 0 Å². The molecule has 0 bridgehead atoms. The zero-order chi connectivity index (χ0) is 24.4. The number of carbonyl (C=O) groups excluding carboxylic acids is 2. The van der Waals surface area contributed by atoms with Crippen molar-refractivity contribution in [1.82, 2.24) is 9.97 Å². The number of fused-ring (bicyclic) bond motifs is 1. The lowest BCUT2D eigenvalue weighted by atomic mass is 9.88. The highest BCUT2D eigenvalue weighted by atomic mass is 19.4. The Morgan fingerprint density at radius 2 is 2.03 bits per heavy atom. The summed E-state index contributed by atoms with van der Waals surface area (Å²) >= 11 is 0. The van der Waals surface area contributed by atoms with Crippen LogP contribution in [0.25, 0.3) is 0 Å². The van der Waals surface area contributed by atoms with Crippen molar-refractivity contribution in [3.63, 3.8) is 0 Å². The van der Waals surface area contributed by atoms with Gasteiger partial charge in [-0.15, -0.1) is 0 Å². The number of aryl methyl sites for hydroxylation is 1. The molecule has 0 aliphatic carbocycles. The van der Waals surface area contributed by atoms with Crippen molar-refractivity contribution >= 4 is 23.9 Å². The molecule has 0 aromatic carbocycles. The monoisotopic (exact) mass is 468 g/mol. The number of halogens is 4. The molecule has 1 N–H and O–H groups in total. The second-order valence-electron chi connectivity index (χ2n) is 8.81. The number of nitrogens with zero attached hydrogens (tertiary/aromatic N) is 3. The van der Waals surface area contributed by atoms with Crippen LogP contribution in [0, 0.1) is 11.2 Å². The normalized spacial score (nSPS) is 14.9. The van der Waals surface area contributed by atoms with E-state index in [1.54, 1.807) is 25.7 Å². The number of rotatable bonds is 6. The summed E-state index contributed by atoms with van der Waals surface area (Å²) in [6, 6.07) is 3.47. The summed E-state index contributed by atoms with van der Waals surface area (Å²) < 4.78 is 58.0. The maximum absolute atomic E-state index is 14.8. The van der Waals surface area contributed by atoms with Crippen LogP contribution in [0.4, 0.5) is 29.1 Å². The van der Waals surface area contributed by atoms with Gasteiger partial charge in [-0.1, -0.05) is 20.8 Å². The molecule has 0 saturated heterocycles. The molecule has 11 heteroatoms. The highest BCUT2D eigenvalue weighted by Gasteiger charge is 2.34. The number of alkyl halides is 3. The molecular formula is C22H24F4N4O3. The molecule has 0 spiro atoms. The van der Waals surface area contributed by atoms with E-state index in [4.69, 9.17) is 4.74 Å². The van der Waals surface area contributed by atoms with E-state index in [1.165, 1.54) is 12.1 Å². The van der Waals surface area contributed by atoms with Crippen molar-refractivity contribution in [2.24, 2.45) is 5.41 Å². The highest BCUT2D eigenvalue weighted by Crippen LogP contribution is 2.32. The Bertz CT molecular complexity index is 1020. The lowest BCUT2D eigenvalue weighted by Gasteiger charge is -2.31. The Labute approximate surface area is 188 Å². The molecule has 1 aliphatic rings. The average Bonchev–Trinajstić information content (AvgIpc) is 2.72. The van der Waals surface area contributed by atoms with Gasteiger partial charge in [0.1, 0.15) is 0 Å². The quantitative estimate of drug-likeness (QED) is 0.507. The van der Waals surface area contributed by atoms with Crippen LogP contribution < -0.4 is 10.2 Å². The minimum absolute atomic E-state index is 0.166. The van der Waals surface area contributed by atoms with Crippen LogP contribution in [0.15, 0.2) is 24.4 Å². The van der Waals surface area contributed by atoms with E-state index in [-0.39, 0.29) is 18.8 Å². The van der Waals surface area contributed by atoms with Crippen molar-refractivity contribution in [2.45, 2.75) is 52.4 Å². The molecule has 2 aromatic rings. The first-order valence-electron chi connectivity index (χ1n) is 10.3. The summed E-state index contributed by atoms with van der Waals surface area (Å²) in [6.07, 6.45) is -3.64. The maximum Gasteiger partial charge on any atom is 0.417 e. The molecule has 7 nitrogen and oxygen atoms in total. The predicted molar refractivity (Wildman–Crippen MR) is 112 cm³/mol. The Hall–Kier alpha value is -3.24.